The molecule has 1 aromatic rings. The summed E-state index contributed by atoms with van der Waals surface area (Å²) in [5.74, 6) is -0.716. The van der Waals surface area contributed by atoms with Gasteiger partial charge in [0.15, 0.2) is 0 Å². The van der Waals surface area contributed by atoms with Crippen LogP contribution < -0.4 is 10.5 Å². The summed E-state index contributed by atoms with van der Waals surface area (Å²) in [7, 11) is 0. The fourth-order valence-corrected chi connectivity index (χ4v) is 6.61. The van der Waals surface area contributed by atoms with E-state index in [4.69, 9.17) is 10.5 Å². The summed E-state index contributed by atoms with van der Waals surface area (Å²) in [6.45, 7) is 10.5. The number of hydrogen-bond acceptors (Lipinski definition) is 6. The number of unbranched alkanes of at least 4 members (excludes halogenated alkanes) is 2. The van der Waals surface area contributed by atoms with E-state index in [1.54, 1.807) is 0 Å². The van der Waals surface area contributed by atoms with Crippen LogP contribution in [0.5, 0.6) is 5.75 Å². The van der Waals surface area contributed by atoms with E-state index in [9.17, 15) is 19.5 Å². The number of fused-ring (bicyclic) bond motifs is 1. The minimum Gasteiger partial charge on any atom is -0.493 e. The zero-order valence-corrected chi connectivity index (χ0v) is 24.6. The predicted molar refractivity (Wildman–Crippen MR) is 154 cm³/mol. The molecule has 222 valence electrons. The summed E-state index contributed by atoms with van der Waals surface area (Å²) in [6.07, 6.45) is 5.81. The maximum atomic E-state index is 13.6. The lowest BCUT2D eigenvalue weighted by Crippen LogP contribution is -2.46. The number of amides is 2. The Morgan fingerprint density at radius 1 is 1.20 bits per heavy atom. The van der Waals surface area contributed by atoms with Crippen molar-refractivity contribution < 1.29 is 24.2 Å². The zero-order valence-electron chi connectivity index (χ0n) is 24.6. The van der Waals surface area contributed by atoms with Crippen LogP contribution in [-0.2, 0) is 20.8 Å². The molecule has 40 heavy (non-hydrogen) atoms. The molecule has 2 saturated heterocycles. The predicted octanol–water partition coefficient (Wildman–Crippen LogP) is 3.11. The van der Waals surface area contributed by atoms with Crippen LogP contribution in [0.3, 0.4) is 0 Å². The molecule has 1 aromatic carbocycles. The second-order valence-electron chi connectivity index (χ2n) is 12.4. The largest absolute Gasteiger partial charge is 0.493 e. The number of carbonyl (C=O) groups is 3. The van der Waals surface area contributed by atoms with E-state index in [0.717, 1.165) is 55.4 Å². The highest BCUT2D eigenvalue weighted by molar-refractivity contribution is 5.84. The van der Waals surface area contributed by atoms with Crippen LogP contribution in [0.25, 0.3) is 0 Å². The SMILES string of the molecule is CCCCN(CCCCN)C(=O)CN1C[C@H](c2ccc3c(c2)CCO3)C(C(=O)O)[C@@H]1CCN1CCC(C)(C)C1=O. The zero-order chi connectivity index (χ0) is 28.9. The van der Waals surface area contributed by atoms with Gasteiger partial charge in [0.05, 0.1) is 19.1 Å². The normalized spacial score (nSPS) is 23.9. The highest BCUT2D eigenvalue weighted by Crippen LogP contribution is 2.41. The number of aliphatic carboxylic acids is 1. The number of hydrogen-bond donors (Lipinski definition) is 2. The van der Waals surface area contributed by atoms with Gasteiger partial charge in [-0.3, -0.25) is 19.3 Å². The summed E-state index contributed by atoms with van der Waals surface area (Å²) in [4.78, 5) is 45.3. The van der Waals surface area contributed by atoms with Crippen molar-refractivity contribution >= 4 is 17.8 Å². The van der Waals surface area contributed by atoms with Gasteiger partial charge in [0.25, 0.3) is 0 Å². The van der Waals surface area contributed by atoms with Gasteiger partial charge in [-0.1, -0.05) is 39.3 Å². The van der Waals surface area contributed by atoms with Gasteiger partial charge in [0.2, 0.25) is 11.8 Å². The molecule has 0 bridgehead atoms. The molecule has 0 radical (unpaired) electrons. The average Bonchev–Trinajstić information content (AvgIpc) is 3.60. The van der Waals surface area contributed by atoms with Crippen LogP contribution in [0.4, 0.5) is 0 Å². The van der Waals surface area contributed by atoms with Gasteiger partial charge in [0.1, 0.15) is 5.75 Å². The maximum absolute atomic E-state index is 13.6. The molecule has 2 amide bonds. The fraction of sp³-hybridized carbons (Fsp3) is 0.710. The monoisotopic (exact) mass is 556 g/mol. The Hall–Kier alpha value is -2.65. The van der Waals surface area contributed by atoms with Gasteiger partial charge in [-0.05, 0) is 55.8 Å². The van der Waals surface area contributed by atoms with Crippen LogP contribution in [0.2, 0.25) is 0 Å². The van der Waals surface area contributed by atoms with Crippen molar-refractivity contribution in [1.29, 1.82) is 0 Å². The van der Waals surface area contributed by atoms with E-state index >= 15 is 0 Å². The third kappa shape index (κ3) is 6.79. The van der Waals surface area contributed by atoms with Crippen molar-refractivity contribution in [2.24, 2.45) is 17.1 Å². The number of carboxylic acid groups (broad SMARTS) is 1. The van der Waals surface area contributed by atoms with E-state index in [0.29, 0.717) is 52.3 Å². The molecular weight excluding hydrogens is 508 g/mol. The van der Waals surface area contributed by atoms with E-state index in [1.807, 2.05) is 35.8 Å². The van der Waals surface area contributed by atoms with Crippen molar-refractivity contribution in [3.8, 4) is 5.75 Å². The molecule has 0 aromatic heterocycles. The molecule has 0 aliphatic carbocycles. The summed E-state index contributed by atoms with van der Waals surface area (Å²) in [5, 5.41) is 10.5. The smallest absolute Gasteiger partial charge is 0.308 e. The molecule has 3 aliphatic rings. The lowest BCUT2D eigenvalue weighted by Gasteiger charge is -2.31. The van der Waals surface area contributed by atoms with Gasteiger partial charge >= 0.3 is 5.97 Å². The molecule has 9 heteroatoms. The first-order valence-electron chi connectivity index (χ1n) is 15.2. The second-order valence-corrected chi connectivity index (χ2v) is 12.4. The number of likely N-dealkylation sites (tertiary alicyclic amines) is 2. The van der Waals surface area contributed by atoms with E-state index < -0.39 is 11.9 Å². The lowest BCUT2D eigenvalue weighted by atomic mass is 9.83. The third-order valence-electron chi connectivity index (χ3n) is 9.10. The Labute approximate surface area is 239 Å². The Kier molecular flexibility index (Phi) is 10.1. The lowest BCUT2D eigenvalue weighted by molar-refractivity contribution is -0.144. The average molecular weight is 557 g/mol. The molecule has 0 spiro atoms. The molecule has 3 atom stereocenters. The minimum atomic E-state index is -0.847. The van der Waals surface area contributed by atoms with Crippen molar-refractivity contribution in [1.82, 2.24) is 14.7 Å². The number of carbonyl (C=O) groups excluding carboxylic acids is 2. The van der Waals surface area contributed by atoms with Gasteiger partial charge in [-0.15, -0.1) is 0 Å². The molecule has 3 heterocycles. The molecule has 4 rings (SSSR count). The number of ether oxygens (including phenoxy) is 1. The molecule has 3 N–H and O–H groups in total. The molecule has 9 nitrogen and oxygen atoms in total. The second kappa shape index (κ2) is 13.3. The Bertz CT molecular complexity index is 1060. The van der Waals surface area contributed by atoms with Gasteiger partial charge in [-0.25, -0.2) is 0 Å². The molecule has 3 aliphatic heterocycles. The van der Waals surface area contributed by atoms with Crippen LogP contribution in [0, 0.1) is 11.3 Å². The molecular formula is C31H48N4O5. The minimum absolute atomic E-state index is 0.0426. The maximum Gasteiger partial charge on any atom is 0.308 e. The standard InChI is InChI=1S/C31H48N4O5/c1-4-5-14-33(15-7-6-13-32)27(36)21-35-20-24(22-8-9-26-23(19-22)11-18-40-26)28(29(37)38)25(35)10-16-34-17-12-31(2,3)30(34)39/h8-9,19,24-25,28H,4-7,10-18,20-21,32H2,1-3H3,(H,37,38)/t24-,25+,28?/m1/s1. The van der Waals surface area contributed by atoms with Crippen LogP contribution in [0.1, 0.15) is 76.3 Å². The number of rotatable bonds is 14. The molecule has 1 unspecified atom stereocenters. The van der Waals surface area contributed by atoms with Gasteiger partial charge in [0, 0.05) is 56.5 Å². The topological polar surface area (TPSA) is 116 Å². The number of benzene rings is 1. The Morgan fingerprint density at radius 2 is 1.98 bits per heavy atom. The van der Waals surface area contributed by atoms with E-state index in [-0.39, 0.29) is 35.7 Å². The molecule has 0 saturated carbocycles. The van der Waals surface area contributed by atoms with Gasteiger partial charge in [-0.2, -0.15) is 0 Å². The number of carboxylic acids is 1. The summed E-state index contributed by atoms with van der Waals surface area (Å²) in [6, 6.07) is 5.69. The Balaban J connectivity index is 1.57. The third-order valence-corrected chi connectivity index (χ3v) is 9.10. The highest BCUT2D eigenvalue weighted by atomic mass is 16.5. The van der Waals surface area contributed by atoms with Crippen LogP contribution in [0.15, 0.2) is 18.2 Å². The van der Waals surface area contributed by atoms with Crippen molar-refractivity contribution in [3.63, 3.8) is 0 Å². The van der Waals surface area contributed by atoms with Crippen LogP contribution in [-0.4, -0.2) is 96.1 Å². The quantitative estimate of drug-likeness (QED) is 0.338. The first-order chi connectivity index (χ1) is 19.2. The first-order valence-corrected chi connectivity index (χ1v) is 15.2. The van der Waals surface area contributed by atoms with Crippen molar-refractivity contribution in [3.05, 3.63) is 29.3 Å². The number of nitrogens with zero attached hydrogens (tertiary/aromatic N) is 3. The first kappa shape index (κ1) is 30.3. The highest BCUT2D eigenvalue weighted by Gasteiger charge is 2.48. The van der Waals surface area contributed by atoms with E-state index in [2.05, 4.69) is 17.9 Å². The number of nitrogens with two attached hydrogens (primary N) is 1. The van der Waals surface area contributed by atoms with Crippen molar-refractivity contribution in [2.45, 2.75) is 77.7 Å². The Morgan fingerprint density at radius 3 is 2.65 bits per heavy atom. The molecule has 2 fully saturated rings. The van der Waals surface area contributed by atoms with E-state index in [1.165, 1.54) is 0 Å². The summed E-state index contributed by atoms with van der Waals surface area (Å²) in [5.41, 5.74) is 7.42. The fourth-order valence-electron chi connectivity index (χ4n) is 6.61. The van der Waals surface area contributed by atoms with Crippen LogP contribution >= 0.6 is 0 Å². The van der Waals surface area contributed by atoms with Gasteiger partial charge < -0.3 is 25.4 Å². The summed E-state index contributed by atoms with van der Waals surface area (Å²) >= 11 is 0. The summed E-state index contributed by atoms with van der Waals surface area (Å²) < 4.78 is 5.68. The van der Waals surface area contributed by atoms with Crippen molar-refractivity contribution in [2.75, 3.05) is 52.4 Å².